The fraction of sp³-hybridized carbons (Fsp3) is 0.160. The maximum Gasteiger partial charge on any atom is 0.339 e. The maximum atomic E-state index is 13.6. The van der Waals surface area contributed by atoms with Crippen LogP contribution in [0, 0.1) is 0 Å². The number of benzene rings is 3. The molecule has 1 atom stereocenters. The predicted octanol–water partition coefficient (Wildman–Crippen LogP) is 4.15. The molecule has 0 aliphatic rings. The molecule has 0 radical (unpaired) electrons. The number of hydrogen-bond donors (Lipinski definition) is 1. The van der Waals surface area contributed by atoms with Gasteiger partial charge in [0.1, 0.15) is 12.4 Å². The Morgan fingerprint density at radius 2 is 1.68 bits per heavy atom. The molecule has 0 spiro atoms. The SMILES string of the molecule is CC[C@H](N)c1nc2cccc(C(=O)OCc3ccccc3)c2c(=O)n1-c1ccccc1. The van der Waals surface area contributed by atoms with Crippen molar-refractivity contribution in [1.82, 2.24) is 9.55 Å². The quantitative estimate of drug-likeness (QED) is 0.480. The van der Waals surface area contributed by atoms with Crippen LogP contribution in [0.3, 0.4) is 0 Å². The molecular weight excluding hydrogens is 390 g/mol. The summed E-state index contributed by atoms with van der Waals surface area (Å²) in [6.07, 6.45) is 0.615. The van der Waals surface area contributed by atoms with Gasteiger partial charge in [-0.15, -0.1) is 0 Å². The van der Waals surface area contributed by atoms with Crippen molar-refractivity contribution in [3.63, 3.8) is 0 Å². The van der Waals surface area contributed by atoms with E-state index in [0.29, 0.717) is 23.4 Å². The first-order valence-corrected chi connectivity index (χ1v) is 10.2. The topological polar surface area (TPSA) is 87.2 Å². The number of nitrogens with two attached hydrogens (primary N) is 1. The molecule has 4 aromatic rings. The molecule has 0 aliphatic carbocycles. The van der Waals surface area contributed by atoms with Gasteiger partial charge in [0.25, 0.3) is 5.56 Å². The largest absolute Gasteiger partial charge is 0.457 e. The minimum atomic E-state index is -0.569. The van der Waals surface area contributed by atoms with Crippen LogP contribution in [0.2, 0.25) is 0 Å². The number of carbonyl (C=O) groups excluding carboxylic acids is 1. The van der Waals surface area contributed by atoms with E-state index in [0.717, 1.165) is 5.56 Å². The molecular formula is C25H23N3O3. The van der Waals surface area contributed by atoms with Crippen LogP contribution in [-0.2, 0) is 11.3 Å². The summed E-state index contributed by atoms with van der Waals surface area (Å²) in [5.74, 6) is -0.110. The second-order valence-corrected chi connectivity index (χ2v) is 7.22. The Hall–Kier alpha value is -3.77. The zero-order valence-corrected chi connectivity index (χ0v) is 17.2. The predicted molar refractivity (Wildman–Crippen MR) is 120 cm³/mol. The molecule has 6 heteroatoms. The van der Waals surface area contributed by atoms with Crippen molar-refractivity contribution >= 4 is 16.9 Å². The lowest BCUT2D eigenvalue weighted by Gasteiger charge is -2.18. The number of ether oxygens (including phenoxy) is 1. The fourth-order valence-corrected chi connectivity index (χ4v) is 3.48. The van der Waals surface area contributed by atoms with Crippen molar-refractivity contribution in [3.05, 3.63) is 106 Å². The third-order valence-electron chi connectivity index (χ3n) is 5.14. The van der Waals surface area contributed by atoms with Gasteiger partial charge in [-0.25, -0.2) is 9.78 Å². The minimum absolute atomic E-state index is 0.120. The zero-order valence-electron chi connectivity index (χ0n) is 17.2. The normalized spacial score (nSPS) is 11.9. The molecule has 1 aromatic heterocycles. The van der Waals surface area contributed by atoms with Gasteiger partial charge in [-0.3, -0.25) is 9.36 Å². The first-order chi connectivity index (χ1) is 15.1. The van der Waals surface area contributed by atoms with E-state index in [2.05, 4.69) is 4.98 Å². The second kappa shape index (κ2) is 8.93. The maximum absolute atomic E-state index is 13.6. The average Bonchev–Trinajstić information content (AvgIpc) is 2.82. The van der Waals surface area contributed by atoms with Crippen LogP contribution in [0.25, 0.3) is 16.6 Å². The third-order valence-corrected chi connectivity index (χ3v) is 5.14. The second-order valence-electron chi connectivity index (χ2n) is 7.22. The minimum Gasteiger partial charge on any atom is -0.457 e. The lowest BCUT2D eigenvalue weighted by Crippen LogP contribution is -2.29. The lowest BCUT2D eigenvalue weighted by atomic mass is 10.1. The summed E-state index contributed by atoms with van der Waals surface area (Å²) in [4.78, 5) is 31.2. The Morgan fingerprint density at radius 3 is 2.35 bits per heavy atom. The van der Waals surface area contributed by atoms with E-state index in [1.807, 2.05) is 67.6 Å². The van der Waals surface area contributed by atoms with Gasteiger partial charge in [0.2, 0.25) is 0 Å². The van der Waals surface area contributed by atoms with Crippen molar-refractivity contribution in [2.45, 2.75) is 26.0 Å². The number of carbonyl (C=O) groups is 1. The Kier molecular flexibility index (Phi) is 5.91. The van der Waals surface area contributed by atoms with Gasteiger partial charge < -0.3 is 10.5 Å². The van der Waals surface area contributed by atoms with Crippen molar-refractivity contribution in [1.29, 1.82) is 0 Å². The van der Waals surface area contributed by atoms with E-state index in [4.69, 9.17) is 10.5 Å². The first-order valence-electron chi connectivity index (χ1n) is 10.2. The molecule has 0 bridgehead atoms. The van der Waals surface area contributed by atoms with Gasteiger partial charge in [0.05, 0.1) is 28.2 Å². The average molecular weight is 413 g/mol. The number of nitrogens with zero attached hydrogens (tertiary/aromatic N) is 2. The van der Waals surface area contributed by atoms with E-state index in [1.165, 1.54) is 4.57 Å². The first kappa shape index (κ1) is 20.5. The number of rotatable bonds is 6. The van der Waals surface area contributed by atoms with E-state index in [-0.39, 0.29) is 23.1 Å². The molecule has 0 saturated heterocycles. The highest BCUT2D eigenvalue weighted by Gasteiger charge is 2.21. The van der Waals surface area contributed by atoms with Gasteiger partial charge in [-0.05, 0) is 36.2 Å². The molecule has 0 unspecified atom stereocenters. The number of para-hydroxylation sites is 1. The van der Waals surface area contributed by atoms with E-state index >= 15 is 0 Å². The molecule has 0 saturated carbocycles. The van der Waals surface area contributed by atoms with Crippen LogP contribution < -0.4 is 11.3 Å². The van der Waals surface area contributed by atoms with E-state index < -0.39 is 12.0 Å². The summed E-state index contributed by atoms with van der Waals surface area (Å²) in [6.45, 7) is 2.06. The Bertz CT molecular complexity index is 1270. The van der Waals surface area contributed by atoms with E-state index in [9.17, 15) is 9.59 Å². The summed E-state index contributed by atoms with van der Waals surface area (Å²) in [5, 5.41) is 0.219. The number of aromatic nitrogens is 2. The Balaban J connectivity index is 1.85. The Labute approximate surface area is 179 Å². The monoisotopic (exact) mass is 413 g/mol. The van der Waals surface area contributed by atoms with E-state index in [1.54, 1.807) is 18.2 Å². The van der Waals surface area contributed by atoms with Crippen LogP contribution in [0.1, 0.15) is 41.1 Å². The molecule has 0 fully saturated rings. The number of esters is 1. The summed E-state index contributed by atoms with van der Waals surface area (Å²) in [7, 11) is 0. The molecule has 2 N–H and O–H groups in total. The number of fused-ring (bicyclic) bond motifs is 1. The van der Waals surface area contributed by atoms with Crippen LogP contribution in [0.4, 0.5) is 0 Å². The highest BCUT2D eigenvalue weighted by molar-refractivity contribution is 6.03. The van der Waals surface area contributed by atoms with Crippen molar-refractivity contribution in [3.8, 4) is 5.69 Å². The van der Waals surface area contributed by atoms with Gasteiger partial charge in [-0.2, -0.15) is 0 Å². The molecule has 156 valence electrons. The van der Waals surface area contributed by atoms with Crippen LogP contribution in [-0.4, -0.2) is 15.5 Å². The molecule has 31 heavy (non-hydrogen) atoms. The van der Waals surface area contributed by atoms with Crippen LogP contribution >= 0.6 is 0 Å². The molecule has 6 nitrogen and oxygen atoms in total. The van der Waals surface area contributed by atoms with Gasteiger partial charge in [-0.1, -0.05) is 61.5 Å². The summed E-state index contributed by atoms with van der Waals surface area (Å²) in [6, 6.07) is 23.2. The summed E-state index contributed by atoms with van der Waals surface area (Å²) >= 11 is 0. The van der Waals surface area contributed by atoms with Crippen molar-refractivity contribution in [2.75, 3.05) is 0 Å². The standard InChI is InChI=1S/C25H23N3O3/c1-2-20(26)23-27-21-15-9-14-19(25(30)31-16-17-10-5-3-6-11-17)22(21)24(29)28(23)18-12-7-4-8-13-18/h3-15,20H,2,16,26H2,1H3/t20-/m0/s1. The number of hydrogen-bond acceptors (Lipinski definition) is 5. The smallest absolute Gasteiger partial charge is 0.339 e. The summed E-state index contributed by atoms with van der Waals surface area (Å²) in [5.41, 5.74) is 8.07. The van der Waals surface area contributed by atoms with Gasteiger partial charge in [0.15, 0.2) is 0 Å². The molecule has 4 rings (SSSR count). The Morgan fingerprint density at radius 1 is 1.00 bits per heavy atom. The van der Waals surface area contributed by atoms with Crippen LogP contribution in [0.5, 0.6) is 0 Å². The zero-order chi connectivity index (χ0) is 21.8. The third kappa shape index (κ3) is 4.11. The molecule has 3 aromatic carbocycles. The lowest BCUT2D eigenvalue weighted by molar-refractivity contribution is 0.0475. The molecule has 0 aliphatic heterocycles. The molecule has 0 amide bonds. The highest BCUT2D eigenvalue weighted by atomic mass is 16.5. The van der Waals surface area contributed by atoms with Gasteiger partial charge in [0, 0.05) is 0 Å². The highest BCUT2D eigenvalue weighted by Crippen LogP contribution is 2.21. The van der Waals surface area contributed by atoms with Gasteiger partial charge >= 0.3 is 5.97 Å². The van der Waals surface area contributed by atoms with Crippen molar-refractivity contribution in [2.24, 2.45) is 5.73 Å². The van der Waals surface area contributed by atoms with Crippen molar-refractivity contribution < 1.29 is 9.53 Å². The fourth-order valence-electron chi connectivity index (χ4n) is 3.48. The molecule has 1 heterocycles. The van der Waals surface area contributed by atoms with Crippen LogP contribution in [0.15, 0.2) is 83.7 Å². The summed E-state index contributed by atoms with van der Waals surface area (Å²) < 4.78 is 6.97.